The van der Waals surface area contributed by atoms with Gasteiger partial charge in [0, 0.05) is 24.3 Å². The zero-order valence-corrected chi connectivity index (χ0v) is 12.9. The Morgan fingerprint density at radius 1 is 1.30 bits per heavy atom. The number of amides is 1. The Balaban J connectivity index is 2.02. The number of aromatic nitrogens is 2. The van der Waals surface area contributed by atoms with E-state index in [0.717, 1.165) is 27.8 Å². The molecule has 106 valence electrons. The van der Waals surface area contributed by atoms with Crippen LogP contribution in [0, 0.1) is 20.8 Å². The quantitative estimate of drug-likeness (QED) is 0.940. The van der Waals surface area contributed by atoms with Gasteiger partial charge in [0.25, 0.3) is 0 Å². The second-order valence-corrected chi connectivity index (χ2v) is 5.53. The minimum absolute atomic E-state index is 0.0576. The van der Waals surface area contributed by atoms with E-state index in [2.05, 4.69) is 14.7 Å². The molecule has 1 heterocycles. The van der Waals surface area contributed by atoms with Gasteiger partial charge in [-0.25, -0.2) is 4.98 Å². The number of hydrogen-bond acceptors (Lipinski definition) is 5. The Labute approximate surface area is 122 Å². The molecule has 2 aromatic rings. The summed E-state index contributed by atoms with van der Waals surface area (Å²) in [5, 5.41) is 3.71. The first-order valence-electron chi connectivity index (χ1n) is 6.35. The van der Waals surface area contributed by atoms with Gasteiger partial charge in [-0.1, -0.05) is 18.2 Å². The Morgan fingerprint density at radius 2 is 1.95 bits per heavy atom. The molecule has 1 aromatic carbocycles. The first-order valence-corrected chi connectivity index (χ1v) is 7.12. The van der Waals surface area contributed by atoms with E-state index in [4.69, 9.17) is 0 Å². The van der Waals surface area contributed by atoms with Gasteiger partial charge in [0.05, 0.1) is 6.54 Å². The Bertz CT molecular complexity index is 603. The van der Waals surface area contributed by atoms with Gasteiger partial charge in [-0.3, -0.25) is 4.79 Å². The van der Waals surface area contributed by atoms with Gasteiger partial charge < -0.3 is 10.2 Å². The molecule has 0 aliphatic rings. The van der Waals surface area contributed by atoms with Crippen LogP contribution in [0.25, 0.3) is 0 Å². The van der Waals surface area contributed by atoms with E-state index >= 15 is 0 Å². The van der Waals surface area contributed by atoms with Crippen LogP contribution in [0.15, 0.2) is 18.2 Å². The third-order valence-corrected chi connectivity index (χ3v) is 3.89. The molecule has 0 saturated heterocycles. The highest BCUT2D eigenvalue weighted by Gasteiger charge is 2.12. The normalized spacial score (nSPS) is 10.4. The summed E-state index contributed by atoms with van der Waals surface area (Å²) < 4.78 is 4.11. The monoisotopic (exact) mass is 290 g/mol. The average Bonchev–Trinajstić information content (AvgIpc) is 2.81. The van der Waals surface area contributed by atoms with E-state index in [0.29, 0.717) is 0 Å². The molecule has 1 N–H and O–H groups in total. The Morgan fingerprint density at radius 3 is 2.50 bits per heavy atom. The van der Waals surface area contributed by atoms with Crippen molar-refractivity contribution in [3.8, 4) is 0 Å². The number of aryl methyl sites for hydroxylation is 3. The van der Waals surface area contributed by atoms with Crippen molar-refractivity contribution in [2.75, 3.05) is 23.8 Å². The summed E-state index contributed by atoms with van der Waals surface area (Å²) in [6, 6.07) is 5.96. The van der Waals surface area contributed by atoms with Gasteiger partial charge in [-0.15, -0.1) is 0 Å². The number of para-hydroxylation sites is 1. The molecule has 1 aromatic heterocycles. The van der Waals surface area contributed by atoms with Crippen molar-refractivity contribution < 1.29 is 4.79 Å². The topological polar surface area (TPSA) is 58.1 Å². The smallest absolute Gasteiger partial charge is 0.243 e. The van der Waals surface area contributed by atoms with Crippen LogP contribution in [-0.4, -0.2) is 28.9 Å². The van der Waals surface area contributed by atoms with E-state index in [9.17, 15) is 4.79 Å². The van der Waals surface area contributed by atoms with Gasteiger partial charge in [-0.05, 0) is 31.9 Å². The largest absolute Gasteiger partial charge is 0.341 e. The number of nitrogens with one attached hydrogen (secondary N) is 1. The van der Waals surface area contributed by atoms with Crippen LogP contribution in [0.4, 0.5) is 10.8 Å². The van der Waals surface area contributed by atoms with Crippen LogP contribution in [0.3, 0.4) is 0 Å². The summed E-state index contributed by atoms with van der Waals surface area (Å²) in [5.41, 5.74) is 3.01. The van der Waals surface area contributed by atoms with Gasteiger partial charge in [0.1, 0.15) is 5.82 Å². The molecular weight excluding hydrogens is 272 g/mol. The lowest BCUT2D eigenvalue weighted by Crippen LogP contribution is -2.30. The first-order chi connectivity index (χ1) is 9.47. The summed E-state index contributed by atoms with van der Waals surface area (Å²) >= 11 is 1.30. The number of carbonyl (C=O) groups excluding carboxylic acids is 1. The highest BCUT2D eigenvalue weighted by molar-refractivity contribution is 7.09. The summed E-state index contributed by atoms with van der Waals surface area (Å²) in [6.07, 6.45) is 0. The highest BCUT2D eigenvalue weighted by Crippen LogP contribution is 2.20. The van der Waals surface area contributed by atoms with E-state index in [1.807, 2.05) is 46.0 Å². The molecule has 1 amide bonds. The van der Waals surface area contributed by atoms with Crippen LogP contribution in [-0.2, 0) is 4.79 Å². The van der Waals surface area contributed by atoms with Crippen LogP contribution in [0.1, 0.15) is 17.0 Å². The van der Waals surface area contributed by atoms with E-state index < -0.39 is 0 Å². The van der Waals surface area contributed by atoms with Crippen molar-refractivity contribution >= 4 is 28.3 Å². The molecule has 0 fully saturated rings. The highest BCUT2D eigenvalue weighted by atomic mass is 32.1. The van der Waals surface area contributed by atoms with Crippen LogP contribution in [0.2, 0.25) is 0 Å². The van der Waals surface area contributed by atoms with E-state index in [1.165, 1.54) is 11.5 Å². The number of rotatable bonds is 4. The zero-order valence-electron chi connectivity index (χ0n) is 12.1. The van der Waals surface area contributed by atoms with Crippen LogP contribution >= 0.6 is 11.5 Å². The number of anilines is 2. The second kappa shape index (κ2) is 6.00. The lowest BCUT2D eigenvalue weighted by molar-refractivity contribution is -0.114. The fourth-order valence-electron chi connectivity index (χ4n) is 1.91. The zero-order chi connectivity index (χ0) is 14.7. The molecule has 20 heavy (non-hydrogen) atoms. The lowest BCUT2D eigenvalue weighted by atomic mass is 10.1. The minimum atomic E-state index is -0.0576. The fraction of sp³-hybridized carbons (Fsp3) is 0.357. The third-order valence-electron chi connectivity index (χ3n) is 2.97. The van der Waals surface area contributed by atoms with Crippen molar-refractivity contribution in [3.05, 3.63) is 35.2 Å². The number of likely N-dealkylation sites (N-methyl/N-ethyl adjacent to an activating group) is 1. The summed E-state index contributed by atoms with van der Waals surface area (Å²) in [7, 11) is 1.84. The lowest BCUT2D eigenvalue weighted by Gasteiger charge is -2.16. The number of nitrogens with zero attached hydrogens (tertiary/aromatic N) is 3. The molecule has 0 unspecified atom stereocenters. The number of hydrogen-bond donors (Lipinski definition) is 1. The third kappa shape index (κ3) is 3.33. The van der Waals surface area contributed by atoms with Crippen molar-refractivity contribution in [2.24, 2.45) is 0 Å². The maximum Gasteiger partial charge on any atom is 0.243 e. The first kappa shape index (κ1) is 14.5. The molecule has 0 aliphatic heterocycles. The van der Waals surface area contributed by atoms with Crippen LogP contribution in [0.5, 0.6) is 0 Å². The maximum atomic E-state index is 12.1. The minimum Gasteiger partial charge on any atom is -0.341 e. The SMILES string of the molecule is Cc1nsc(N(C)CC(=O)Nc2c(C)cccc2C)n1. The number of carbonyl (C=O) groups is 1. The molecule has 0 bridgehead atoms. The molecule has 0 saturated carbocycles. The van der Waals surface area contributed by atoms with Crippen molar-refractivity contribution in [3.63, 3.8) is 0 Å². The number of benzene rings is 1. The van der Waals surface area contributed by atoms with Crippen molar-refractivity contribution in [1.82, 2.24) is 9.36 Å². The fourth-order valence-corrected chi connectivity index (χ4v) is 2.55. The predicted octanol–water partition coefficient (Wildman–Crippen LogP) is 2.54. The van der Waals surface area contributed by atoms with Gasteiger partial charge in [-0.2, -0.15) is 4.37 Å². The maximum absolute atomic E-state index is 12.1. The predicted molar refractivity (Wildman–Crippen MR) is 82.5 cm³/mol. The summed E-state index contributed by atoms with van der Waals surface area (Å²) in [6.45, 7) is 6.06. The molecule has 0 aliphatic carbocycles. The van der Waals surface area contributed by atoms with Crippen molar-refractivity contribution in [1.29, 1.82) is 0 Å². The average molecular weight is 290 g/mol. The van der Waals surface area contributed by atoms with Gasteiger partial charge in [0.15, 0.2) is 0 Å². The molecule has 0 radical (unpaired) electrons. The molecule has 5 nitrogen and oxygen atoms in total. The van der Waals surface area contributed by atoms with Crippen LogP contribution < -0.4 is 10.2 Å². The van der Waals surface area contributed by atoms with Gasteiger partial charge >= 0.3 is 0 Å². The van der Waals surface area contributed by atoms with E-state index in [1.54, 1.807) is 4.90 Å². The van der Waals surface area contributed by atoms with Gasteiger partial charge in [0.2, 0.25) is 11.0 Å². The second-order valence-electron chi connectivity index (χ2n) is 4.80. The van der Waals surface area contributed by atoms with E-state index in [-0.39, 0.29) is 12.5 Å². The van der Waals surface area contributed by atoms with Crippen molar-refractivity contribution in [2.45, 2.75) is 20.8 Å². The summed E-state index contributed by atoms with van der Waals surface area (Å²) in [4.78, 5) is 18.2. The molecule has 6 heteroatoms. The molecular formula is C14H18N4OS. The summed E-state index contributed by atoms with van der Waals surface area (Å²) in [5.74, 6) is 0.671. The molecule has 0 atom stereocenters. The Kier molecular flexibility index (Phi) is 4.34. The molecule has 0 spiro atoms. The standard InChI is InChI=1S/C14H18N4OS/c1-9-6-5-7-10(2)13(9)16-12(19)8-18(4)14-15-11(3)17-20-14/h5-7H,8H2,1-4H3,(H,16,19). The molecule has 2 rings (SSSR count). The Hall–Kier alpha value is -1.95.